The molecule has 0 saturated heterocycles. The van der Waals surface area contributed by atoms with Gasteiger partial charge in [0.2, 0.25) is 5.91 Å². The monoisotopic (exact) mass is 298 g/mol. The summed E-state index contributed by atoms with van der Waals surface area (Å²) in [7, 11) is 0. The van der Waals surface area contributed by atoms with Gasteiger partial charge in [0.15, 0.2) is 0 Å². The number of hydrogen-bond donors (Lipinski definition) is 2. The molecule has 4 heteroatoms. The summed E-state index contributed by atoms with van der Waals surface area (Å²) in [6.07, 6.45) is 0.0865. The van der Waals surface area contributed by atoms with Crippen molar-refractivity contribution in [2.75, 3.05) is 0 Å². The largest absolute Gasteiger partial charge is 0.491 e. The molecule has 0 fully saturated rings. The van der Waals surface area contributed by atoms with Crippen LogP contribution in [-0.4, -0.2) is 12.0 Å². The number of benzene rings is 2. The van der Waals surface area contributed by atoms with E-state index in [4.69, 9.17) is 10.5 Å². The van der Waals surface area contributed by atoms with Crippen LogP contribution in [0.3, 0.4) is 0 Å². The molecular weight excluding hydrogens is 276 g/mol. The smallest absolute Gasteiger partial charge is 0.241 e. The summed E-state index contributed by atoms with van der Waals surface area (Å²) in [6.45, 7) is 4.34. The van der Waals surface area contributed by atoms with Gasteiger partial charge in [-0.1, -0.05) is 48.5 Å². The summed E-state index contributed by atoms with van der Waals surface area (Å²) in [5.41, 5.74) is 7.71. The van der Waals surface area contributed by atoms with Crippen LogP contribution in [0.25, 0.3) is 0 Å². The standard InChI is InChI=1S/C18H22N2O2/c1-13(2)22-16-11-7-6-10-15(16)12-20-18(21)17(19)14-8-4-3-5-9-14/h3-11,13,17H,12,19H2,1-2H3,(H,20,21). The highest BCUT2D eigenvalue weighted by Gasteiger charge is 2.15. The van der Waals surface area contributed by atoms with Crippen molar-refractivity contribution < 1.29 is 9.53 Å². The lowest BCUT2D eigenvalue weighted by Crippen LogP contribution is -2.33. The average molecular weight is 298 g/mol. The van der Waals surface area contributed by atoms with Crippen molar-refractivity contribution >= 4 is 5.91 Å². The maximum Gasteiger partial charge on any atom is 0.241 e. The number of carbonyl (C=O) groups excluding carboxylic acids is 1. The van der Waals surface area contributed by atoms with Crippen LogP contribution in [0.4, 0.5) is 0 Å². The molecule has 1 atom stereocenters. The number of rotatable bonds is 6. The number of nitrogens with two attached hydrogens (primary N) is 1. The predicted octanol–water partition coefficient (Wildman–Crippen LogP) is 2.79. The van der Waals surface area contributed by atoms with E-state index in [-0.39, 0.29) is 12.0 Å². The van der Waals surface area contributed by atoms with Crippen molar-refractivity contribution in [3.63, 3.8) is 0 Å². The van der Waals surface area contributed by atoms with E-state index in [1.807, 2.05) is 68.4 Å². The Morgan fingerprint density at radius 3 is 2.41 bits per heavy atom. The average Bonchev–Trinajstić information content (AvgIpc) is 2.53. The van der Waals surface area contributed by atoms with E-state index in [9.17, 15) is 4.79 Å². The summed E-state index contributed by atoms with van der Waals surface area (Å²) >= 11 is 0. The lowest BCUT2D eigenvalue weighted by atomic mass is 10.1. The van der Waals surface area contributed by atoms with E-state index in [1.165, 1.54) is 0 Å². The normalized spacial score (nSPS) is 12.0. The van der Waals surface area contributed by atoms with Crippen LogP contribution in [0.2, 0.25) is 0 Å². The molecule has 3 N–H and O–H groups in total. The van der Waals surface area contributed by atoms with E-state index in [2.05, 4.69) is 5.32 Å². The van der Waals surface area contributed by atoms with Gasteiger partial charge in [0, 0.05) is 12.1 Å². The van der Waals surface area contributed by atoms with Gasteiger partial charge in [0.25, 0.3) is 0 Å². The first kappa shape index (κ1) is 16.0. The summed E-state index contributed by atoms with van der Waals surface area (Å²) in [6, 6.07) is 16.3. The third kappa shape index (κ3) is 4.33. The number of carbonyl (C=O) groups is 1. The van der Waals surface area contributed by atoms with Crippen LogP contribution >= 0.6 is 0 Å². The van der Waals surface area contributed by atoms with Crippen LogP contribution in [0.15, 0.2) is 54.6 Å². The first-order chi connectivity index (χ1) is 10.6. The van der Waals surface area contributed by atoms with E-state index < -0.39 is 6.04 Å². The van der Waals surface area contributed by atoms with Gasteiger partial charge < -0.3 is 15.8 Å². The first-order valence-electron chi connectivity index (χ1n) is 7.40. The van der Waals surface area contributed by atoms with Crippen molar-refractivity contribution in [1.82, 2.24) is 5.32 Å². The summed E-state index contributed by atoms with van der Waals surface area (Å²) in [4.78, 5) is 12.2. The Balaban J connectivity index is 1.99. The number of ether oxygens (including phenoxy) is 1. The zero-order chi connectivity index (χ0) is 15.9. The molecule has 22 heavy (non-hydrogen) atoms. The summed E-state index contributed by atoms with van der Waals surface area (Å²) < 4.78 is 5.74. The highest BCUT2D eigenvalue weighted by molar-refractivity contribution is 5.82. The highest BCUT2D eigenvalue weighted by Crippen LogP contribution is 2.19. The molecule has 116 valence electrons. The highest BCUT2D eigenvalue weighted by atomic mass is 16.5. The van der Waals surface area contributed by atoms with Crippen LogP contribution < -0.4 is 15.8 Å². The minimum atomic E-state index is -0.667. The molecule has 2 aromatic rings. The molecule has 4 nitrogen and oxygen atoms in total. The number of hydrogen-bond acceptors (Lipinski definition) is 3. The number of amides is 1. The molecule has 2 rings (SSSR count). The van der Waals surface area contributed by atoms with Crippen LogP contribution in [-0.2, 0) is 11.3 Å². The molecular formula is C18H22N2O2. The topological polar surface area (TPSA) is 64.3 Å². The summed E-state index contributed by atoms with van der Waals surface area (Å²) in [5, 5.41) is 2.87. The first-order valence-corrected chi connectivity index (χ1v) is 7.40. The van der Waals surface area contributed by atoms with E-state index in [1.54, 1.807) is 0 Å². The predicted molar refractivity (Wildman–Crippen MR) is 87.4 cm³/mol. The van der Waals surface area contributed by atoms with Gasteiger partial charge in [0.1, 0.15) is 11.8 Å². The maximum absolute atomic E-state index is 12.2. The second kappa shape index (κ2) is 7.61. The lowest BCUT2D eigenvalue weighted by molar-refractivity contribution is -0.122. The lowest BCUT2D eigenvalue weighted by Gasteiger charge is -2.16. The van der Waals surface area contributed by atoms with Gasteiger partial charge in [-0.2, -0.15) is 0 Å². The zero-order valence-electron chi connectivity index (χ0n) is 13.0. The molecule has 0 radical (unpaired) electrons. The minimum absolute atomic E-state index is 0.0865. The Labute approximate surface area is 131 Å². The summed E-state index contributed by atoms with van der Waals surface area (Å²) in [5.74, 6) is 0.580. The van der Waals surface area contributed by atoms with Gasteiger partial charge in [0.05, 0.1) is 6.10 Å². The SMILES string of the molecule is CC(C)Oc1ccccc1CNC(=O)C(N)c1ccccc1. The molecule has 1 unspecified atom stereocenters. The maximum atomic E-state index is 12.2. The molecule has 0 heterocycles. The minimum Gasteiger partial charge on any atom is -0.491 e. The molecule has 0 aliphatic rings. The quantitative estimate of drug-likeness (QED) is 0.862. The Hall–Kier alpha value is -2.33. The Bertz CT molecular complexity index is 611. The molecule has 2 aromatic carbocycles. The van der Waals surface area contributed by atoms with Crippen LogP contribution in [0, 0.1) is 0 Å². The fourth-order valence-corrected chi connectivity index (χ4v) is 2.12. The second-order valence-corrected chi connectivity index (χ2v) is 5.38. The van der Waals surface area contributed by atoms with Crippen LogP contribution in [0.1, 0.15) is 31.0 Å². The van der Waals surface area contributed by atoms with E-state index in [0.29, 0.717) is 6.54 Å². The molecule has 0 saturated carbocycles. The van der Waals surface area contributed by atoms with Gasteiger partial charge in [-0.15, -0.1) is 0 Å². The number of nitrogens with one attached hydrogen (secondary N) is 1. The molecule has 0 aromatic heterocycles. The van der Waals surface area contributed by atoms with Crippen molar-refractivity contribution in [3.05, 3.63) is 65.7 Å². The Morgan fingerprint density at radius 1 is 1.09 bits per heavy atom. The van der Waals surface area contributed by atoms with Gasteiger partial charge in [-0.05, 0) is 25.5 Å². The zero-order valence-corrected chi connectivity index (χ0v) is 13.0. The third-order valence-corrected chi connectivity index (χ3v) is 3.23. The molecule has 0 aliphatic carbocycles. The third-order valence-electron chi connectivity index (χ3n) is 3.23. The van der Waals surface area contributed by atoms with Crippen molar-refractivity contribution in [3.8, 4) is 5.75 Å². The number of para-hydroxylation sites is 1. The second-order valence-electron chi connectivity index (χ2n) is 5.38. The Morgan fingerprint density at radius 2 is 1.73 bits per heavy atom. The molecule has 0 bridgehead atoms. The van der Waals surface area contributed by atoms with Crippen molar-refractivity contribution in [2.24, 2.45) is 5.73 Å². The van der Waals surface area contributed by atoms with Crippen LogP contribution in [0.5, 0.6) is 5.75 Å². The Kier molecular flexibility index (Phi) is 5.55. The van der Waals surface area contributed by atoms with Crippen molar-refractivity contribution in [2.45, 2.75) is 32.5 Å². The molecule has 0 spiro atoms. The fraction of sp³-hybridized carbons (Fsp3) is 0.278. The van der Waals surface area contributed by atoms with E-state index in [0.717, 1.165) is 16.9 Å². The van der Waals surface area contributed by atoms with Gasteiger partial charge in [-0.25, -0.2) is 0 Å². The fourth-order valence-electron chi connectivity index (χ4n) is 2.12. The molecule has 0 aliphatic heterocycles. The molecule has 1 amide bonds. The van der Waals surface area contributed by atoms with Gasteiger partial charge >= 0.3 is 0 Å². The van der Waals surface area contributed by atoms with Crippen molar-refractivity contribution in [1.29, 1.82) is 0 Å². The van der Waals surface area contributed by atoms with E-state index >= 15 is 0 Å². The van der Waals surface area contributed by atoms with Gasteiger partial charge in [-0.3, -0.25) is 4.79 Å².